The van der Waals surface area contributed by atoms with E-state index < -0.39 is 0 Å². The van der Waals surface area contributed by atoms with Crippen LogP contribution in [0.3, 0.4) is 0 Å². The van der Waals surface area contributed by atoms with Crippen molar-refractivity contribution in [3.63, 3.8) is 0 Å². The van der Waals surface area contributed by atoms with Gasteiger partial charge in [-0.3, -0.25) is 0 Å². The Hall–Kier alpha value is -1.37. The highest BCUT2D eigenvalue weighted by Gasteiger charge is 2.16. The number of halogens is 1. The Morgan fingerprint density at radius 3 is 2.84 bits per heavy atom. The average molecular weight is 261 g/mol. The van der Waals surface area contributed by atoms with E-state index in [4.69, 9.17) is 10.5 Å². The zero-order chi connectivity index (χ0) is 13.5. The molecule has 0 atom stereocenters. The molecule has 2 N–H and O–H groups in total. The molecule has 3 heteroatoms. The lowest BCUT2D eigenvalue weighted by molar-refractivity contribution is 0.0948. The van der Waals surface area contributed by atoms with Crippen LogP contribution in [0.25, 0.3) is 0 Å². The number of benzene rings is 1. The second kappa shape index (κ2) is 7.28. The van der Waals surface area contributed by atoms with E-state index in [9.17, 15) is 4.39 Å². The fourth-order valence-corrected chi connectivity index (χ4v) is 2.18. The molecule has 1 saturated carbocycles. The van der Waals surface area contributed by atoms with Crippen molar-refractivity contribution in [2.75, 3.05) is 13.2 Å². The number of nitrogens with two attached hydrogens (primary N) is 1. The van der Waals surface area contributed by atoms with Crippen LogP contribution in [0.1, 0.15) is 36.8 Å². The molecule has 1 fully saturated rings. The molecule has 0 heterocycles. The third kappa shape index (κ3) is 4.66. The minimum Gasteiger partial charge on any atom is -0.377 e. The van der Waals surface area contributed by atoms with E-state index in [1.807, 2.05) is 6.07 Å². The Morgan fingerprint density at radius 2 is 2.16 bits per heavy atom. The van der Waals surface area contributed by atoms with Gasteiger partial charge in [-0.2, -0.15) is 0 Å². The second-order valence-corrected chi connectivity index (χ2v) is 4.99. The molecule has 1 aromatic carbocycles. The predicted octanol–water partition coefficient (Wildman–Crippen LogP) is 2.84. The smallest absolute Gasteiger partial charge is 0.124 e. The van der Waals surface area contributed by atoms with Crippen molar-refractivity contribution in [3.05, 3.63) is 35.1 Å². The number of ether oxygens (including phenoxy) is 1. The molecule has 102 valence electrons. The van der Waals surface area contributed by atoms with Crippen LogP contribution in [0.2, 0.25) is 0 Å². The summed E-state index contributed by atoms with van der Waals surface area (Å²) in [5, 5.41) is 0. The van der Waals surface area contributed by atoms with Gasteiger partial charge in [0.2, 0.25) is 0 Å². The van der Waals surface area contributed by atoms with Crippen LogP contribution < -0.4 is 5.73 Å². The number of hydrogen-bond donors (Lipinski definition) is 1. The molecule has 0 unspecified atom stereocenters. The van der Waals surface area contributed by atoms with Gasteiger partial charge in [0.1, 0.15) is 5.82 Å². The average Bonchev–Trinajstić information content (AvgIpc) is 2.33. The summed E-state index contributed by atoms with van der Waals surface area (Å²) >= 11 is 0. The van der Waals surface area contributed by atoms with Crippen molar-refractivity contribution in [1.29, 1.82) is 0 Å². The first-order valence-corrected chi connectivity index (χ1v) is 6.84. The van der Waals surface area contributed by atoms with E-state index in [-0.39, 0.29) is 12.4 Å². The lowest BCUT2D eigenvalue weighted by Gasteiger charge is -2.24. The Bertz CT molecular complexity index is 471. The summed E-state index contributed by atoms with van der Waals surface area (Å²) in [6.45, 7) is 1.48. The number of hydrogen-bond acceptors (Lipinski definition) is 2. The third-order valence-corrected chi connectivity index (χ3v) is 3.46. The highest BCUT2D eigenvalue weighted by Crippen LogP contribution is 2.29. The molecule has 19 heavy (non-hydrogen) atoms. The first-order chi connectivity index (χ1) is 9.28. The molecule has 1 aliphatic rings. The topological polar surface area (TPSA) is 35.2 Å². The van der Waals surface area contributed by atoms with E-state index in [1.54, 1.807) is 0 Å². The van der Waals surface area contributed by atoms with Crippen LogP contribution >= 0.6 is 0 Å². The molecule has 0 aromatic heterocycles. The van der Waals surface area contributed by atoms with Crippen LogP contribution in [0, 0.1) is 23.6 Å². The minimum absolute atomic E-state index is 0.276. The molecular formula is C16H20FNO. The van der Waals surface area contributed by atoms with E-state index in [1.165, 1.54) is 31.4 Å². The summed E-state index contributed by atoms with van der Waals surface area (Å²) in [5.74, 6) is 6.14. The molecule has 1 aromatic rings. The van der Waals surface area contributed by atoms with Gasteiger partial charge in [0.25, 0.3) is 0 Å². The van der Waals surface area contributed by atoms with Crippen LogP contribution in [0.15, 0.2) is 18.2 Å². The zero-order valence-corrected chi connectivity index (χ0v) is 11.1. The fourth-order valence-electron chi connectivity index (χ4n) is 2.18. The highest BCUT2D eigenvalue weighted by molar-refractivity contribution is 5.37. The summed E-state index contributed by atoms with van der Waals surface area (Å²) in [5.41, 5.74) is 6.79. The third-order valence-electron chi connectivity index (χ3n) is 3.46. The van der Waals surface area contributed by atoms with Crippen LogP contribution in [-0.2, 0) is 11.3 Å². The first kappa shape index (κ1) is 14.0. The van der Waals surface area contributed by atoms with Crippen molar-refractivity contribution in [2.24, 2.45) is 11.7 Å². The molecule has 0 bridgehead atoms. The van der Waals surface area contributed by atoms with Crippen molar-refractivity contribution in [1.82, 2.24) is 0 Å². The zero-order valence-electron chi connectivity index (χ0n) is 11.1. The van der Waals surface area contributed by atoms with Crippen LogP contribution in [-0.4, -0.2) is 13.2 Å². The largest absolute Gasteiger partial charge is 0.377 e. The molecular weight excluding hydrogens is 241 g/mol. The highest BCUT2D eigenvalue weighted by atomic mass is 19.1. The lowest BCUT2D eigenvalue weighted by Crippen LogP contribution is -2.13. The Labute approximate surface area is 114 Å². The summed E-state index contributed by atoms with van der Waals surface area (Å²) in [7, 11) is 0. The first-order valence-electron chi connectivity index (χ1n) is 6.84. The van der Waals surface area contributed by atoms with E-state index in [2.05, 4.69) is 11.8 Å². The Kier molecular flexibility index (Phi) is 5.38. The van der Waals surface area contributed by atoms with Gasteiger partial charge in [-0.1, -0.05) is 31.1 Å². The van der Waals surface area contributed by atoms with Gasteiger partial charge in [-0.05, 0) is 36.1 Å². The Balaban J connectivity index is 1.82. The predicted molar refractivity (Wildman–Crippen MR) is 73.9 cm³/mol. The molecule has 1 aliphatic carbocycles. The van der Waals surface area contributed by atoms with Crippen LogP contribution in [0.5, 0.6) is 0 Å². The Morgan fingerprint density at radius 1 is 1.32 bits per heavy atom. The molecule has 0 amide bonds. The maximum atomic E-state index is 13.4. The molecule has 0 spiro atoms. The second-order valence-electron chi connectivity index (χ2n) is 4.99. The quantitative estimate of drug-likeness (QED) is 0.653. The summed E-state index contributed by atoms with van der Waals surface area (Å²) in [6.07, 6.45) is 5.15. The van der Waals surface area contributed by atoms with Gasteiger partial charge in [-0.15, -0.1) is 0 Å². The monoisotopic (exact) mass is 261 g/mol. The van der Waals surface area contributed by atoms with Crippen molar-refractivity contribution in [2.45, 2.75) is 32.3 Å². The standard InChI is InChI=1S/C16H20FNO/c17-16-10-14(5-2-7-18)9-15(11-16)12-19-8-6-13-3-1-4-13/h9-11,13H,1,3-4,6-8,12,18H2. The van der Waals surface area contributed by atoms with Gasteiger partial charge < -0.3 is 10.5 Å². The van der Waals surface area contributed by atoms with Crippen molar-refractivity contribution >= 4 is 0 Å². The van der Waals surface area contributed by atoms with Gasteiger partial charge in [0.05, 0.1) is 13.2 Å². The number of rotatable bonds is 5. The normalized spacial score (nSPS) is 14.6. The van der Waals surface area contributed by atoms with Gasteiger partial charge >= 0.3 is 0 Å². The summed E-state index contributed by atoms with van der Waals surface area (Å²) in [4.78, 5) is 0. The lowest BCUT2D eigenvalue weighted by atomic mass is 9.83. The maximum Gasteiger partial charge on any atom is 0.124 e. The fraction of sp³-hybridized carbons (Fsp3) is 0.500. The molecule has 0 radical (unpaired) electrons. The van der Waals surface area contributed by atoms with Gasteiger partial charge in [-0.25, -0.2) is 4.39 Å². The maximum absolute atomic E-state index is 13.4. The van der Waals surface area contributed by atoms with Gasteiger partial charge in [0.15, 0.2) is 0 Å². The SMILES string of the molecule is NCC#Cc1cc(F)cc(COCCC2CCC2)c1. The van der Waals surface area contributed by atoms with E-state index in [0.717, 1.165) is 24.5 Å². The van der Waals surface area contributed by atoms with E-state index >= 15 is 0 Å². The summed E-state index contributed by atoms with van der Waals surface area (Å²) < 4.78 is 19.0. The molecule has 2 nitrogen and oxygen atoms in total. The molecule has 2 rings (SSSR count). The van der Waals surface area contributed by atoms with E-state index in [0.29, 0.717) is 12.2 Å². The summed E-state index contributed by atoms with van der Waals surface area (Å²) in [6, 6.07) is 4.77. The van der Waals surface area contributed by atoms with Gasteiger partial charge in [0, 0.05) is 12.2 Å². The van der Waals surface area contributed by atoms with Crippen molar-refractivity contribution < 1.29 is 9.13 Å². The molecule has 0 saturated heterocycles. The van der Waals surface area contributed by atoms with Crippen LogP contribution in [0.4, 0.5) is 4.39 Å². The van der Waals surface area contributed by atoms with Crippen molar-refractivity contribution in [3.8, 4) is 11.8 Å². The molecule has 0 aliphatic heterocycles. The minimum atomic E-state index is -0.276.